The first kappa shape index (κ1) is 14.8. The second kappa shape index (κ2) is 5.58. The predicted molar refractivity (Wildman–Crippen MR) is 78.6 cm³/mol. The minimum absolute atomic E-state index is 0.0785. The summed E-state index contributed by atoms with van der Waals surface area (Å²) in [5.41, 5.74) is 6.49. The number of nitrogens with one attached hydrogen (secondary N) is 2. The largest absolute Gasteiger partial charge is 0.366 e. The van der Waals surface area contributed by atoms with Crippen LogP contribution in [0.5, 0.6) is 0 Å². The smallest absolute Gasteiger partial charge is 0.260 e. The molecule has 1 saturated heterocycles. The average Bonchev–Trinajstić information content (AvgIpc) is 3.19. The lowest BCUT2D eigenvalue weighted by Gasteiger charge is -2.31. The molecule has 0 spiro atoms. The van der Waals surface area contributed by atoms with E-state index < -0.39 is 15.9 Å². The molecule has 1 amide bonds. The van der Waals surface area contributed by atoms with E-state index in [9.17, 15) is 13.2 Å². The molecule has 3 heterocycles. The Hall–Kier alpha value is -2.13. The van der Waals surface area contributed by atoms with Gasteiger partial charge in [-0.2, -0.15) is 4.31 Å². The fraction of sp³-hybridized carbons (Fsp3) is 0.385. The minimum atomic E-state index is -3.59. The molecule has 1 aliphatic rings. The van der Waals surface area contributed by atoms with Gasteiger partial charge in [-0.05, 0) is 18.9 Å². The van der Waals surface area contributed by atoms with Crippen molar-refractivity contribution in [1.29, 1.82) is 0 Å². The number of H-pyrrole nitrogens is 2. The Labute approximate surface area is 127 Å². The standard InChI is InChI=1S/C13H17N5O3S/c14-13(19)10-3-4-16-12(10)9-2-1-5-18(7-9)22(20,21)11-6-15-8-17-11/h3-4,6,8-9,16H,1-2,5,7H2,(H2,14,19)(H,15,17). The van der Waals surface area contributed by atoms with E-state index in [1.165, 1.54) is 16.8 Å². The molecule has 1 unspecified atom stereocenters. The van der Waals surface area contributed by atoms with E-state index in [1.807, 2.05) is 0 Å². The summed E-state index contributed by atoms with van der Waals surface area (Å²) < 4.78 is 26.5. The van der Waals surface area contributed by atoms with Gasteiger partial charge in [0.15, 0.2) is 5.03 Å². The second-order valence-corrected chi connectivity index (χ2v) is 7.19. The maximum atomic E-state index is 12.5. The monoisotopic (exact) mass is 323 g/mol. The molecule has 0 bridgehead atoms. The normalized spacial score (nSPS) is 20.1. The van der Waals surface area contributed by atoms with Gasteiger partial charge in [-0.1, -0.05) is 0 Å². The number of primary amides is 1. The first-order valence-electron chi connectivity index (χ1n) is 6.95. The number of sulfonamides is 1. The highest BCUT2D eigenvalue weighted by atomic mass is 32.2. The zero-order valence-electron chi connectivity index (χ0n) is 11.8. The van der Waals surface area contributed by atoms with Crippen molar-refractivity contribution in [3.05, 3.63) is 36.0 Å². The molecule has 0 saturated carbocycles. The average molecular weight is 323 g/mol. The highest BCUT2D eigenvalue weighted by molar-refractivity contribution is 7.89. The lowest BCUT2D eigenvalue weighted by molar-refractivity contribution is 0.0998. The van der Waals surface area contributed by atoms with Crippen LogP contribution >= 0.6 is 0 Å². The third-order valence-corrected chi connectivity index (χ3v) is 5.72. The van der Waals surface area contributed by atoms with Gasteiger partial charge in [-0.3, -0.25) is 4.79 Å². The summed E-state index contributed by atoms with van der Waals surface area (Å²) >= 11 is 0. The van der Waals surface area contributed by atoms with Gasteiger partial charge >= 0.3 is 0 Å². The van der Waals surface area contributed by atoms with E-state index in [4.69, 9.17) is 5.73 Å². The number of hydrogen-bond acceptors (Lipinski definition) is 4. The van der Waals surface area contributed by atoms with Crippen molar-refractivity contribution in [2.24, 2.45) is 5.73 Å². The van der Waals surface area contributed by atoms with E-state index in [-0.39, 0.29) is 10.9 Å². The Balaban J connectivity index is 1.86. The maximum Gasteiger partial charge on any atom is 0.260 e. The Morgan fingerprint density at radius 2 is 2.23 bits per heavy atom. The van der Waals surface area contributed by atoms with Gasteiger partial charge in [-0.25, -0.2) is 13.4 Å². The zero-order valence-corrected chi connectivity index (χ0v) is 12.6. The van der Waals surface area contributed by atoms with Gasteiger partial charge in [0.05, 0.1) is 18.1 Å². The van der Waals surface area contributed by atoms with Gasteiger partial charge in [-0.15, -0.1) is 0 Å². The minimum Gasteiger partial charge on any atom is -0.366 e. The van der Waals surface area contributed by atoms with Gasteiger partial charge in [0.1, 0.15) is 0 Å². The molecule has 9 heteroatoms. The summed E-state index contributed by atoms with van der Waals surface area (Å²) in [6, 6.07) is 1.63. The number of piperidine rings is 1. The molecule has 1 aliphatic heterocycles. The Morgan fingerprint density at radius 1 is 1.41 bits per heavy atom. The van der Waals surface area contributed by atoms with E-state index in [1.54, 1.807) is 12.3 Å². The van der Waals surface area contributed by atoms with Crippen molar-refractivity contribution in [2.45, 2.75) is 23.8 Å². The van der Waals surface area contributed by atoms with Crippen LogP contribution in [-0.2, 0) is 10.0 Å². The number of aromatic nitrogens is 3. The molecular weight excluding hydrogens is 306 g/mol. The quantitative estimate of drug-likeness (QED) is 0.753. The van der Waals surface area contributed by atoms with E-state index >= 15 is 0 Å². The van der Waals surface area contributed by atoms with Crippen LogP contribution < -0.4 is 5.73 Å². The number of imidazole rings is 1. The molecule has 0 aliphatic carbocycles. The van der Waals surface area contributed by atoms with Crippen molar-refractivity contribution < 1.29 is 13.2 Å². The summed E-state index contributed by atoms with van der Waals surface area (Å²) in [7, 11) is -3.59. The number of carbonyl (C=O) groups excluding carboxylic acids is 1. The molecule has 4 N–H and O–H groups in total. The first-order valence-corrected chi connectivity index (χ1v) is 8.39. The van der Waals surface area contributed by atoms with Gasteiger partial charge < -0.3 is 15.7 Å². The number of nitrogens with two attached hydrogens (primary N) is 1. The van der Waals surface area contributed by atoms with E-state index in [0.29, 0.717) is 24.3 Å². The number of aromatic amines is 2. The number of rotatable bonds is 4. The zero-order chi connectivity index (χ0) is 15.7. The van der Waals surface area contributed by atoms with Crippen molar-refractivity contribution in [1.82, 2.24) is 19.3 Å². The van der Waals surface area contributed by atoms with Crippen LogP contribution in [0.4, 0.5) is 0 Å². The van der Waals surface area contributed by atoms with Gasteiger partial charge in [0.2, 0.25) is 0 Å². The van der Waals surface area contributed by atoms with Crippen molar-refractivity contribution in [2.75, 3.05) is 13.1 Å². The fourth-order valence-electron chi connectivity index (χ4n) is 2.85. The Bertz CT molecular complexity index is 765. The fourth-order valence-corrected chi connectivity index (χ4v) is 4.27. The summed E-state index contributed by atoms with van der Waals surface area (Å²) in [6.45, 7) is 0.757. The van der Waals surface area contributed by atoms with Crippen molar-refractivity contribution in [3.8, 4) is 0 Å². The molecule has 0 aromatic carbocycles. The summed E-state index contributed by atoms with van der Waals surface area (Å²) in [6.07, 6.45) is 5.80. The third kappa shape index (κ3) is 2.53. The van der Waals surface area contributed by atoms with E-state index in [0.717, 1.165) is 12.8 Å². The van der Waals surface area contributed by atoms with Crippen LogP contribution in [0, 0.1) is 0 Å². The Morgan fingerprint density at radius 3 is 2.91 bits per heavy atom. The molecule has 1 atom stereocenters. The maximum absolute atomic E-state index is 12.5. The lowest BCUT2D eigenvalue weighted by Crippen LogP contribution is -2.39. The molecule has 22 heavy (non-hydrogen) atoms. The molecule has 8 nitrogen and oxygen atoms in total. The predicted octanol–water partition coefficient (Wildman–Crippen LogP) is 0.405. The number of amides is 1. The summed E-state index contributed by atoms with van der Waals surface area (Å²) in [5, 5.41) is 0.0785. The first-order chi connectivity index (χ1) is 10.5. The van der Waals surface area contributed by atoms with Crippen molar-refractivity contribution >= 4 is 15.9 Å². The highest BCUT2D eigenvalue weighted by Gasteiger charge is 2.33. The van der Waals surface area contributed by atoms with Crippen LogP contribution in [0.1, 0.15) is 34.8 Å². The molecule has 3 rings (SSSR count). The molecule has 118 valence electrons. The molecule has 2 aromatic rings. The number of nitrogens with zero attached hydrogens (tertiary/aromatic N) is 2. The molecule has 1 fully saturated rings. The number of carbonyl (C=O) groups is 1. The topological polar surface area (TPSA) is 125 Å². The van der Waals surface area contributed by atoms with Gasteiger partial charge in [0, 0.05) is 30.9 Å². The van der Waals surface area contributed by atoms with Gasteiger partial charge in [0.25, 0.3) is 15.9 Å². The lowest BCUT2D eigenvalue weighted by atomic mass is 9.93. The van der Waals surface area contributed by atoms with E-state index in [2.05, 4.69) is 15.0 Å². The van der Waals surface area contributed by atoms with Crippen LogP contribution in [0.15, 0.2) is 29.8 Å². The SMILES string of the molecule is NC(=O)c1cc[nH]c1C1CCCN(S(=O)(=O)c2cnc[nH]2)C1. The van der Waals surface area contributed by atoms with Crippen LogP contribution in [0.3, 0.4) is 0 Å². The van der Waals surface area contributed by atoms with Crippen LogP contribution in [0.2, 0.25) is 0 Å². The summed E-state index contributed by atoms with van der Waals surface area (Å²) in [4.78, 5) is 20.9. The van der Waals surface area contributed by atoms with Crippen LogP contribution in [0.25, 0.3) is 0 Å². The van der Waals surface area contributed by atoms with Crippen LogP contribution in [-0.4, -0.2) is 46.7 Å². The molecule has 2 aromatic heterocycles. The van der Waals surface area contributed by atoms with Crippen molar-refractivity contribution in [3.63, 3.8) is 0 Å². The number of hydrogen-bond donors (Lipinski definition) is 3. The molecule has 0 radical (unpaired) electrons. The molecular formula is C13H17N5O3S. The second-order valence-electron chi connectivity index (χ2n) is 5.29. The highest BCUT2D eigenvalue weighted by Crippen LogP contribution is 2.30. The third-order valence-electron chi connectivity index (χ3n) is 3.93. The summed E-state index contributed by atoms with van der Waals surface area (Å²) in [5.74, 6) is -0.589. The Kier molecular flexibility index (Phi) is 3.75.